The third-order valence-electron chi connectivity index (χ3n) is 4.02. The zero-order valence-corrected chi connectivity index (χ0v) is 13.3. The molecule has 5 heteroatoms. The first-order valence-corrected chi connectivity index (χ1v) is 8.12. The molecule has 120 valence electrons. The molecule has 1 N–H and O–H groups in total. The number of aliphatic imine (C=N–C) groups is 1. The Morgan fingerprint density at radius 1 is 1.32 bits per heavy atom. The summed E-state index contributed by atoms with van der Waals surface area (Å²) in [5.41, 5.74) is 1.01. The minimum atomic E-state index is -0.215. The van der Waals surface area contributed by atoms with Gasteiger partial charge in [-0.3, -0.25) is 4.99 Å². The molecule has 2 unspecified atom stereocenters. The second-order valence-electron chi connectivity index (χ2n) is 6.11. The van der Waals surface area contributed by atoms with Crippen LogP contribution in [0.2, 0.25) is 0 Å². The molecule has 0 radical (unpaired) electrons. The van der Waals surface area contributed by atoms with E-state index < -0.39 is 0 Å². The molecule has 0 bridgehead atoms. The second kappa shape index (κ2) is 6.65. The van der Waals surface area contributed by atoms with Gasteiger partial charge in [-0.25, -0.2) is 4.39 Å². The lowest BCUT2D eigenvalue weighted by atomic mass is 10.1. The summed E-state index contributed by atoms with van der Waals surface area (Å²) in [5, 5.41) is 3.52. The molecule has 1 aliphatic carbocycles. The van der Waals surface area contributed by atoms with E-state index in [2.05, 4.69) is 29.1 Å². The fraction of sp³-hybridized carbons (Fsp3) is 0.588. The number of benzene rings is 1. The molecular weight excluding hydrogens is 281 g/mol. The smallest absolute Gasteiger partial charge is 0.194 e. The van der Waals surface area contributed by atoms with Gasteiger partial charge in [0.25, 0.3) is 0 Å². The number of ether oxygens (including phenoxy) is 1. The van der Waals surface area contributed by atoms with Crippen LogP contribution in [-0.2, 0) is 4.74 Å². The Morgan fingerprint density at radius 2 is 2.05 bits per heavy atom. The second-order valence-corrected chi connectivity index (χ2v) is 6.11. The Kier molecular flexibility index (Phi) is 4.62. The molecule has 2 atom stereocenters. The highest BCUT2D eigenvalue weighted by Gasteiger charge is 2.31. The van der Waals surface area contributed by atoms with Crippen molar-refractivity contribution in [2.75, 3.05) is 19.6 Å². The molecule has 0 amide bonds. The first-order valence-electron chi connectivity index (χ1n) is 8.12. The minimum Gasteiger partial charge on any atom is -0.367 e. The highest BCUT2D eigenvalue weighted by atomic mass is 19.1. The van der Waals surface area contributed by atoms with Crippen LogP contribution >= 0.6 is 0 Å². The highest BCUT2D eigenvalue weighted by Crippen LogP contribution is 2.26. The van der Waals surface area contributed by atoms with Crippen LogP contribution in [0.3, 0.4) is 0 Å². The van der Waals surface area contributed by atoms with E-state index in [9.17, 15) is 4.39 Å². The number of hydrogen-bond acceptors (Lipinski definition) is 2. The minimum absolute atomic E-state index is 0.0487. The molecule has 4 nitrogen and oxygen atoms in total. The monoisotopic (exact) mass is 305 g/mol. The van der Waals surface area contributed by atoms with E-state index in [-0.39, 0.29) is 18.0 Å². The van der Waals surface area contributed by atoms with Gasteiger partial charge in [0.1, 0.15) is 11.9 Å². The van der Waals surface area contributed by atoms with Crippen molar-refractivity contribution in [1.82, 2.24) is 10.2 Å². The van der Waals surface area contributed by atoms with Gasteiger partial charge in [0.05, 0.1) is 12.6 Å². The number of nitrogens with one attached hydrogen (secondary N) is 1. The summed E-state index contributed by atoms with van der Waals surface area (Å²) in [4.78, 5) is 6.89. The lowest BCUT2D eigenvalue weighted by molar-refractivity contribution is -0.0605. The first-order chi connectivity index (χ1) is 10.7. The molecule has 1 heterocycles. The van der Waals surface area contributed by atoms with E-state index in [1.54, 1.807) is 12.1 Å². The lowest BCUT2D eigenvalue weighted by Gasteiger charge is -2.39. The van der Waals surface area contributed by atoms with Crippen LogP contribution in [0.15, 0.2) is 29.3 Å². The van der Waals surface area contributed by atoms with Crippen molar-refractivity contribution in [3.05, 3.63) is 35.6 Å². The summed E-state index contributed by atoms with van der Waals surface area (Å²) in [5.74, 6) is 0.764. The molecule has 2 fully saturated rings. The standard InChI is InChI=1S/C17H24FN3O/c1-3-19-17(20-15-8-9-15)21-10-12(2)22-16(11-21)13-4-6-14(18)7-5-13/h4-7,12,15-16H,3,8-11H2,1-2H3,(H,19,20). The Hall–Kier alpha value is -1.62. The van der Waals surface area contributed by atoms with Crippen molar-refractivity contribution in [2.24, 2.45) is 4.99 Å². The summed E-state index contributed by atoms with van der Waals surface area (Å²) in [6.07, 6.45) is 2.52. The number of morpholine rings is 1. The van der Waals surface area contributed by atoms with E-state index in [0.29, 0.717) is 6.04 Å². The molecule has 1 aliphatic heterocycles. The van der Waals surface area contributed by atoms with Crippen molar-refractivity contribution >= 4 is 5.96 Å². The largest absolute Gasteiger partial charge is 0.367 e. The first kappa shape index (κ1) is 15.3. The average Bonchev–Trinajstić information content (AvgIpc) is 3.31. The predicted octanol–water partition coefficient (Wildman–Crippen LogP) is 2.72. The quantitative estimate of drug-likeness (QED) is 0.689. The molecule has 2 aliphatic rings. The Bertz CT molecular complexity index is 527. The summed E-state index contributed by atoms with van der Waals surface area (Å²) in [7, 11) is 0. The Balaban J connectivity index is 1.74. The van der Waals surface area contributed by atoms with Gasteiger partial charge in [0.2, 0.25) is 0 Å². The van der Waals surface area contributed by atoms with E-state index in [1.807, 2.05) is 0 Å². The number of rotatable bonds is 3. The Morgan fingerprint density at radius 3 is 2.68 bits per heavy atom. The summed E-state index contributed by atoms with van der Waals surface area (Å²) < 4.78 is 19.2. The van der Waals surface area contributed by atoms with Gasteiger partial charge in [0.15, 0.2) is 5.96 Å². The van der Waals surface area contributed by atoms with E-state index in [4.69, 9.17) is 4.74 Å². The number of guanidine groups is 1. The van der Waals surface area contributed by atoms with Crippen molar-refractivity contribution in [1.29, 1.82) is 0 Å². The summed E-state index contributed by atoms with van der Waals surface area (Å²) in [6.45, 7) is 6.46. The van der Waals surface area contributed by atoms with Gasteiger partial charge in [-0.05, 0) is 44.4 Å². The van der Waals surface area contributed by atoms with Crippen LogP contribution in [0, 0.1) is 5.82 Å². The van der Waals surface area contributed by atoms with Crippen LogP contribution < -0.4 is 5.32 Å². The van der Waals surface area contributed by atoms with E-state index >= 15 is 0 Å². The molecule has 1 aromatic carbocycles. The van der Waals surface area contributed by atoms with Crippen LogP contribution in [0.1, 0.15) is 38.4 Å². The van der Waals surface area contributed by atoms with Crippen LogP contribution in [-0.4, -0.2) is 42.6 Å². The zero-order chi connectivity index (χ0) is 15.5. The molecule has 1 aromatic rings. The number of hydrogen-bond donors (Lipinski definition) is 1. The van der Waals surface area contributed by atoms with Crippen molar-refractivity contribution < 1.29 is 9.13 Å². The number of halogens is 1. The van der Waals surface area contributed by atoms with E-state index in [0.717, 1.165) is 31.2 Å². The van der Waals surface area contributed by atoms with Gasteiger partial charge in [-0.1, -0.05) is 12.1 Å². The maximum absolute atomic E-state index is 13.1. The number of nitrogens with zero attached hydrogens (tertiary/aromatic N) is 2. The maximum Gasteiger partial charge on any atom is 0.194 e. The average molecular weight is 305 g/mol. The van der Waals surface area contributed by atoms with Crippen molar-refractivity contribution in [2.45, 2.75) is 44.9 Å². The lowest BCUT2D eigenvalue weighted by Crippen LogP contribution is -2.51. The normalized spacial score (nSPS) is 26.1. The summed E-state index contributed by atoms with van der Waals surface area (Å²) >= 11 is 0. The zero-order valence-electron chi connectivity index (χ0n) is 13.3. The molecule has 3 rings (SSSR count). The fourth-order valence-electron chi connectivity index (χ4n) is 2.78. The van der Waals surface area contributed by atoms with Gasteiger partial charge >= 0.3 is 0 Å². The van der Waals surface area contributed by atoms with Crippen LogP contribution in [0.5, 0.6) is 0 Å². The molecule has 0 spiro atoms. The molecule has 0 aromatic heterocycles. The van der Waals surface area contributed by atoms with Crippen molar-refractivity contribution in [3.8, 4) is 0 Å². The molecule has 1 saturated carbocycles. The van der Waals surface area contributed by atoms with Crippen molar-refractivity contribution in [3.63, 3.8) is 0 Å². The van der Waals surface area contributed by atoms with E-state index in [1.165, 1.54) is 25.0 Å². The Labute approximate surface area is 131 Å². The highest BCUT2D eigenvalue weighted by molar-refractivity contribution is 5.80. The SMILES string of the molecule is CCN=C(NC1CC1)N1CC(C)OC(c2ccc(F)cc2)C1. The molecule has 22 heavy (non-hydrogen) atoms. The van der Waals surface area contributed by atoms with Gasteiger partial charge < -0.3 is 15.0 Å². The van der Waals surface area contributed by atoms with Crippen LogP contribution in [0.25, 0.3) is 0 Å². The summed E-state index contributed by atoms with van der Waals surface area (Å²) in [6, 6.07) is 7.17. The third kappa shape index (κ3) is 3.77. The van der Waals surface area contributed by atoms with Gasteiger partial charge in [-0.15, -0.1) is 0 Å². The predicted molar refractivity (Wildman–Crippen MR) is 85.4 cm³/mol. The topological polar surface area (TPSA) is 36.9 Å². The van der Waals surface area contributed by atoms with Gasteiger partial charge in [0, 0.05) is 19.1 Å². The van der Waals surface area contributed by atoms with Crippen LogP contribution in [0.4, 0.5) is 4.39 Å². The maximum atomic E-state index is 13.1. The molecular formula is C17H24FN3O. The fourth-order valence-corrected chi connectivity index (χ4v) is 2.78. The van der Waals surface area contributed by atoms with Gasteiger partial charge in [-0.2, -0.15) is 0 Å². The molecule has 1 saturated heterocycles. The third-order valence-corrected chi connectivity index (χ3v) is 4.02.